The van der Waals surface area contributed by atoms with Crippen LogP contribution in [0.1, 0.15) is 40.0 Å². The van der Waals surface area contributed by atoms with Gasteiger partial charge in [-0.25, -0.2) is 4.39 Å². The predicted molar refractivity (Wildman–Crippen MR) is 112 cm³/mol. The van der Waals surface area contributed by atoms with E-state index in [4.69, 9.17) is 4.74 Å². The van der Waals surface area contributed by atoms with E-state index in [9.17, 15) is 9.50 Å². The number of aliphatic hydroxyl groups excluding tert-OH is 1. The number of hydrogen-bond donors (Lipinski definition) is 1. The largest absolute Gasteiger partial charge is 0.389 e. The van der Waals surface area contributed by atoms with Gasteiger partial charge in [0.1, 0.15) is 5.82 Å². The molecule has 1 saturated heterocycles. The molecule has 0 bridgehead atoms. The molecule has 158 valence electrons. The van der Waals surface area contributed by atoms with Gasteiger partial charge < -0.3 is 14.7 Å². The number of hydrogen-bond acceptors (Lipinski definition) is 4. The number of aliphatic hydroxyl groups is 1. The molecule has 1 heterocycles. The average molecular weight is 393 g/mol. The van der Waals surface area contributed by atoms with Gasteiger partial charge in [-0.2, -0.15) is 0 Å². The second-order valence-electron chi connectivity index (χ2n) is 9.12. The summed E-state index contributed by atoms with van der Waals surface area (Å²) in [6.07, 6.45) is 3.50. The number of piperazine rings is 1. The van der Waals surface area contributed by atoms with Crippen LogP contribution in [0.3, 0.4) is 0 Å². The summed E-state index contributed by atoms with van der Waals surface area (Å²) in [5, 5.41) is 10.5. The highest BCUT2D eigenvalue weighted by Gasteiger charge is 2.32. The smallest absolute Gasteiger partial charge is 0.123 e. The summed E-state index contributed by atoms with van der Waals surface area (Å²) >= 11 is 0. The summed E-state index contributed by atoms with van der Waals surface area (Å²) in [6, 6.07) is 6.70. The van der Waals surface area contributed by atoms with Gasteiger partial charge in [-0.15, -0.1) is 0 Å². The van der Waals surface area contributed by atoms with Gasteiger partial charge in [0.15, 0.2) is 0 Å². The molecule has 1 saturated carbocycles. The van der Waals surface area contributed by atoms with Crippen LogP contribution in [0.25, 0.3) is 0 Å². The van der Waals surface area contributed by atoms with Crippen molar-refractivity contribution in [1.29, 1.82) is 0 Å². The highest BCUT2D eigenvalue weighted by Crippen LogP contribution is 2.35. The monoisotopic (exact) mass is 392 g/mol. The van der Waals surface area contributed by atoms with Crippen LogP contribution in [0.5, 0.6) is 0 Å². The van der Waals surface area contributed by atoms with Crippen molar-refractivity contribution in [3.8, 4) is 0 Å². The standard InChI is InChI=1S/C23H37FN2O2/c1-17(2)22-9-4-18(3)14-23(22)28-16-21(27)15-25-10-12-26(13-11-25)20-7-5-19(24)6-8-20/h5-8,17-18,21-23,27H,4,9-16H2,1-3H3/t18-,21+,22-,23+/m0/s1. The van der Waals surface area contributed by atoms with E-state index >= 15 is 0 Å². The van der Waals surface area contributed by atoms with Crippen molar-refractivity contribution in [3.05, 3.63) is 30.1 Å². The Morgan fingerprint density at radius 2 is 1.79 bits per heavy atom. The highest BCUT2D eigenvalue weighted by atomic mass is 19.1. The zero-order chi connectivity index (χ0) is 20.1. The zero-order valence-corrected chi connectivity index (χ0v) is 17.7. The number of benzene rings is 1. The molecule has 3 rings (SSSR count). The van der Waals surface area contributed by atoms with E-state index < -0.39 is 6.10 Å². The second-order valence-corrected chi connectivity index (χ2v) is 9.12. The molecule has 1 aliphatic heterocycles. The minimum atomic E-state index is -0.442. The summed E-state index contributed by atoms with van der Waals surface area (Å²) in [5.74, 6) is 1.77. The molecule has 1 aliphatic carbocycles. The molecule has 5 heteroatoms. The van der Waals surface area contributed by atoms with Crippen LogP contribution in [0.2, 0.25) is 0 Å². The van der Waals surface area contributed by atoms with E-state index in [-0.39, 0.29) is 11.9 Å². The van der Waals surface area contributed by atoms with Crippen molar-refractivity contribution < 1.29 is 14.2 Å². The van der Waals surface area contributed by atoms with E-state index in [1.807, 2.05) is 12.1 Å². The number of halogens is 1. The van der Waals surface area contributed by atoms with Crippen molar-refractivity contribution in [1.82, 2.24) is 4.90 Å². The third-order valence-electron chi connectivity index (χ3n) is 6.50. The fourth-order valence-corrected chi connectivity index (χ4v) is 4.73. The molecule has 4 nitrogen and oxygen atoms in total. The summed E-state index contributed by atoms with van der Waals surface area (Å²) in [6.45, 7) is 11.6. The molecule has 4 atom stereocenters. The van der Waals surface area contributed by atoms with Crippen molar-refractivity contribution in [2.24, 2.45) is 17.8 Å². The van der Waals surface area contributed by atoms with Gasteiger partial charge in [0.25, 0.3) is 0 Å². The van der Waals surface area contributed by atoms with Gasteiger partial charge in [0, 0.05) is 38.4 Å². The first-order chi connectivity index (χ1) is 13.4. The Labute approximate surface area is 169 Å². The Hall–Kier alpha value is -1.17. The number of anilines is 1. The number of ether oxygens (including phenoxy) is 1. The minimum absolute atomic E-state index is 0.197. The maximum Gasteiger partial charge on any atom is 0.123 e. The summed E-state index contributed by atoms with van der Waals surface area (Å²) in [7, 11) is 0. The molecule has 1 N–H and O–H groups in total. The lowest BCUT2D eigenvalue weighted by molar-refractivity contribution is -0.0740. The van der Waals surface area contributed by atoms with Gasteiger partial charge >= 0.3 is 0 Å². The Bertz CT molecular complexity index is 587. The van der Waals surface area contributed by atoms with Gasteiger partial charge in [-0.1, -0.05) is 27.2 Å². The lowest BCUT2D eigenvalue weighted by Crippen LogP contribution is -2.49. The van der Waals surface area contributed by atoms with Crippen molar-refractivity contribution in [2.45, 2.75) is 52.2 Å². The Kier molecular flexibility index (Phi) is 7.72. The lowest BCUT2D eigenvalue weighted by atomic mass is 9.75. The highest BCUT2D eigenvalue weighted by molar-refractivity contribution is 5.46. The summed E-state index contributed by atoms with van der Waals surface area (Å²) < 4.78 is 19.3. The van der Waals surface area contributed by atoms with E-state index in [1.54, 1.807) is 0 Å². The first kappa shape index (κ1) is 21.5. The topological polar surface area (TPSA) is 35.9 Å². The van der Waals surface area contributed by atoms with Gasteiger partial charge in [0.2, 0.25) is 0 Å². The average Bonchev–Trinajstić information content (AvgIpc) is 2.67. The zero-order valence-electron chi connectivity index (χ0n) is 17.7. The lowest BCUT2D eigenvalue weighted by Gasteiger charge is -2.39. The molecular formula is C23H37FN2O2. The van der Waals surface area contributed by atoms with E-state index in [1.165, 1.54) is 25.0 Å². The normalized spacial score (nSPS) is 27.9. The van der Waals surface area contributed by atoms with E-state index in [0.717, 1.165) is 44.2 Å². The predicted octanol–water partition coefficient (Wildman–Crippen LogP) is 3.79. The Morgan fingerprint density at radius 1 is 1.11 bits per heavy atom. The maximum absolute atomic E-state index is 13.1. The van der Waals surface area contributed by atoms with Crippen LogP contribution in [-0.2, 0) is 4.74 Å². The first-order valence-corrected chi connectivity index (χ1v) is 10.9. The van der Waals surface area contributed by atoms with Crippen molar-refractivity contribution in [2.75, 3.05) is 44.2 Å². The van der Waals surface area contributed by atoms with Crippen LogP contribution in [0, 0.1) is 23.6 Å². The van der Waals surface area contributed by atoms with Crippen LogP contribution in [0.4, 0.5) is 10.1 Å². The Balaban J connectivity index is 1.40. The van der Waals surface area contributed by atoms with Gasteiger partial charge in [-0.05, 0) is 54.9 Å². The number of β-amino-alcohol motifs (C(OH)–C–C–N with tert-alkyl or cyclic N) is 1. The fraction of sp³-hybridized carbons (Fsp3) is 0.739. The molecule has 0 spiro atoms. The van der Waals surface area contributed by atoms with Gasteiger partial charge in [-0.3, -0.25) is 4.90 Å². The van der Waals surface area contributed by atoms with Crippen LogP contribution in [-0.4, -0.2) is 61.5 Å². The first-order valence-electron chi connectivity index (χ1n) is 10.9. The molecule has 1 aromatic carbocycles. The van der Waals surface area contributed by atoms with Crippen LogP contribution < -0.4 is 4.90 Å². The molecule has 2 fully saturated rings. The molecule has 0 unspecified atom stereocenters. The SMILES string of the molecule is CC(C)[C@@H]1CC[C@H](C)C[C@H]1OC[C@H](O)CN1CCN(c2ccc(F)cc2)CC1. The molecule has 0 radical (unpaired) electrons. The second kappa shape index (κ2) is 10.0. The number of rotatable bonds is 7. The maximum atomic E-state index is 13.1. The van der Waals surface area contributed by atoms with E-state index in [0.29, 0.717) is 25.0 Å². The van der Waals surface area contributed by atoms with Gasteiger partial charge in [0.05, 0.1) is 18.8 Å². The molecule has 0 aromatic heterocycles. The molecule has 0 amide bonds. The molecule has 1 aromatic rings. The molecular weight excluding hydrogens is 355 g/mol. The quantitative estimate of drug-likeness (QED) is 0.766. The van der Waals surface area contributed by atoms with Crippen LogP contribution >= 0.6 is 0 Å². The Morgan fingerprint density at radius 3 is 2.43 bits per heavy atom. The summed E-state index contributed by atoms with van der Waals surface area (Å²) in [4.78, 5) is 4.58. The van der Waals surface area contributed by atoms with Crippen molar-refractivity contribution in [3.63, 3.8) is 0 Å². The summed E-state index contributed by atoms with van der Waals surface area (Å²) in [5.41, 5.74) is 1.07. The van der Waals surface area contributed by atoms with Crippen molar-refractivity contribution >= 4 is 5.69 Å². The molecule has 28 heavy (non-hydrogen) atoms. The molecule has 2 aliphatic rings. The van der Waals surface area contributed by atoms with E-state index in [2.05, 4.69) is 30.6 Å². The third kappa shape index (κ3) is 5.91. The fourth-order valence-electron chi connectivity index (χ4n) is 4.73. The van der Waals surface area contributed by atoms with Crippen LogP contribution in [0.15, 0.2) is 24.3 Å². The third-order valence-corrected chi connectivity index (χ3v) is 6.50. The number of nitrogens with zero attached hydrogens (tertiary/aromatic N) is 2. The minimum Gasteiger partial charge on any atom is -0.389 e.